The van der Waals surface area contributed by atoms with Crippen molar-refractivity contribution < 1.29 is 9.59 Å². The molecule has 1 aliphatic rings. The number of carbonyl (C=O) groups excluding carboxylic acids is 2. The number of carbonyl (C=O) groups is 2. The van der Waals surface area contributed by atoms with Crippen LogP contribution in [-0.4, -0.2) is 36.3 Å². The van der Waals surface area contributed by atoms with Crippen molar-refractivity contribution in [3.8, 4) is 0 Å². The van der Waals surface area contributed by atoms with Gasteiger partial charge in [-0.3, -0.25) is 20.2 Å². The van der Waals surface area contributed by atoms with E-state index in [-0.39, 0.29) is 36.3 Å². The third kappa shape index (κ3) is 5.68. The Balaban J connectivity index is 2.39. The molecule has 2 amide bonds. The fraction of sp³-hybridized carbons (Fsp3) is 0.444. The van der Waals surface area contributed by atoms with Crippen LogP contribution in [0.25, 0.3) is 0 Å². The minimum Gasteiger partial charge on any atom is -0.302 e. The molecule has 1 saturated heterocycles. The van der Waals surface area contributed by atoms with E-state index in [1.807, 2.05) is 13.8 Å². The summed E-state index contributed by atoms with van der Waals surface area (Å²) in [6.45, 7) is 9.19. The van der Waals surface area contributed by atoms with Crippen molar-refractivity contribution in [3.05, 3.63) is 28.2 Å². The Morgan fingerprint density at radius 2 is 1.93 bits per heavy atom. The van der Waals surface area contributed by atoms with E-state index in [1.54, 1.807) is 43.9 Å². The summed E-state index contributed by atoms with van der Waals surface area (Å²) in [6, 6.07) is 4.92. The molecule has 146 valence electrons. The highest BCUT2D eigenvalue weighted by molar-refractivity contribution is 6.42. The SMILES string of the molecule is CC(C)N=C(N=C1NC(=O)CN1c1ccc(Cl)c(Cl)c1)NC(=O)C(C)(C)C. The topological polar surface area (TPSA) is 86.2 Å². The van der Waals surface area contributed by atoms with Gasteiger partial charge in [0.25, 0.3) is 0 Å². The van der Waals surface area contributed by atoms with Crippen LogP contribution in [0.2, 0.25) is 10.0 Å². The van der Waals surface area contributed by atoms with E-state index in [9.17, 15) is 9.59 Å². The number of nitrogens with zero attached hydrogens (tertiary/aromatic N) is 3. The third-order valence-corrected chi connectivity index (χ3v) is 4.26. The van der Waals surface area contributed by atoms with Crippen molar-refractivity contribution in [1.82, 2.24) is 10.6 Å². The minimum atomic E-state index is -0.611. The minimum absolute atomic E-state index is 0.0684. The largest absolute Gasteiger partial charge is 0.302 e. The second-order valence-corrected chi connectivity index (χ2v) is 8.23. The van der Waals surface area contributed by atoms with E-state index in [4.69, 9.17) is 23.2 Å². The highest BCUT2D eigenvalue weighted by Crippen LogP contribution is 2.28. The smallest absolute Gasteiger partial charge is 0.246 e. The average Bonchev–Trinajstić information content (AvgIpc) is 2.88. The van der Waals surface area contributed by atoms with Gasteiger partial charge in [0, 0.05) is 17.1 Å². The van der Waals surface area contributed by atoms with Gasteiger partial charge in [-0.05, 0) is 32.0 Å². The molecule has 0 spiro atoms. The first-order chi connectivity index (χ1) is 12.5. The predicted molar refractivity (Wildman–Crippen MR) is 110 cm³/mol. The van der Waals surface area contributed by atoms with Crippen molar-refractivity contribution in [2.24, 2.45) is 15.4 Å². The highest BCUT2D eigenvalue weighted by atomic mass is 35.5. The molecule has 27 heavy (non-hydrogen) atoms. The molecule has 0 aliphatic carbocycles. The molecule has 0 radical (unpaired) electrons. The number of amides is 2. The van der Waals surface area contributed by atoms with Crippen LogP contribution in [0, 0.1) is 5.41 Å². The van der Waals surface area contributed by atoms with Crippen LogP contribution in [0.3, 0.4) is 0 Å². The fourth-order valence-electron chi connectivity index (χ4n) is 2.13. The van der Waals surface area contributed by atoms with Crippen molar-refractivity contribution >= 4 is 52.6 Å². The quantitative estimate of drug-likeness (QED) is 0.578. The number of rotatable bonds is 2. The third-order valence-electron chi connectivity index (χ3n) is 3.52. The van der Waals surface area contributed by atoms with Gasteiger partial charge < -0.3 is 4.90 Å². The Kier molecular flexibility index (Phi) is 6.49. The number of nitrogens with one attached hydrogen (secondary N) is 2. The lowest BCUT2D eigenvalue weighted by atomic mass is 9.96. The van der Waals surface area contributed by atoms with Crippen LogP contribution in [-0.2, 0) is 9.59 Å². The molecule has 0 saturated carbocycles. The van der Waals surface area contributed by atoms with E-state index in [2.05, 4.69) is 20.6 Å². The molecule has 0 bridgehead atoms. The summed E-state index contributed by atoms with van der Waals surface area (Å²) in [5.41, 5.74) is 0.0350. The average molecular weight is 412 g/mol. The van der Waals surface area contributed by atoms with E-state index in [1.165, 1.54) is 0 Å². The lowest BCUT2D eigenvalue weighted by Crippen LogP contribution is -2.41. The Bertz CT molecular complexity index is 812. The molecule has 1 heterocycles. The van der Waals surface area contributed by atoms with Gasteiger partial charge in [0.15, 0.2) is 0 Å². The Morgan fingerprint density at radius 1 is 1.26 bits per heavy atom. The van der Waals surface area contributed by atoms with Crippen LogP contribution in [0.5, 0.6) is 0 Å². The van der Waals surface area contributed by atoms with E-state index in [0.717, 1.165) is 0 Å². The second-order valence-electron chi connectivity index (χ2n) is 7.42. The first-order valence-electron chi connectivity index (χ1n) is 8.47. The van der Waals surface area contributed by atoms with Gasteiger partial charge >= 0.3 is 0 Å². The molecule has 0 unspecified atom stereocenters. The summed E-state index contributed by atoms with van der Waals surface area (Å²) in [4.78, 5) is 34.7. The number of hydrogen-bond donors (Lipinski definition) is 2. The van der Waals surface area contributed by atoms with Gasteiger partial charge in [-0.2, -0.15) is 4.99 Å². The molecule has 0 atom stereocenters. The molecule has 9 heteroatoms. The maximum absolute atomic E-state index is 12.3. The van der Waals surface area contributed by atoms with E-state index < -0.39 is 5.41 Å². The first-order valence-corrected chi connectivity index (χ1v) is 9.23. The molecule has 1 aromatic carbocycles. The van der Waals surface area contributed by atoms with Gasteiger partial charge in [0.05, 0.1) is 10.0 Å². The normalized spacial score (nSPS) is 16.9. The molecule has 2 rings (SSSR count). The standard InChI is InChI=1S/C18H23Cl2N5O2/c1-10(2)21-16(23-15(27)18(3,4)5)24-17-22-14(26)9-25(17)11-6-7-12(19)13(20)8-11/h6-8,10H,9H2,1-5H3,(H2,21,22,23,24,26,27). The summed E-state index contributed by atoms with van der Waals surface area (Å²) in [7, 11) is 0. The van der Waals surface area contributed by atoms with Crippen molar-refractivity contribution in [1.29, 1.82) is 0 Å². The van der Waals surface area contributed by atoms with Crippen LogP contribution in [0.1, 0.15) is 34.6 Å². The van der Waals surface area contributed by atoms with Gasteiger partial charge in [0.1, 0.15) is 6.54 Å². The van der Waals surface area contributed by atoms with E-state index in [0.29, 0.717) is 15.7 Å². The highest BCUT2D eigenvalue weighted by Gasteiger charge is 2.28. The predicted octanol–water partition coefficient (Wildman–Crippen LogP) is 3.21. The zero-order valence-electron chi connectivity index (χ0n) is 15.9. The van der Waals surface area contributed by atoms with Gasteiger partial charge in [0.2, 0.25) is 23.7 Å². The molecule has 1 aliphatic heterocycles. The molecular weight excluding hydrogens is 389 g/mol. The van der Waals surface area contributed by atoms with Crippen LogP contribution in [0.15, 0.2) is 28.2 Å². The molecule has 1 aromatic rings. The van der Waals surface area contributed by atoms with Crippen LogP contribution in [0.4, 0.5) is 5.69 Å². The Labute approximate surface area is 168 Å². The number of benzene rings is 1. The molecule has 2 N–H and O–H groups in total. The summed E-state index contributed by atoms with van der Waals surface area (Å²) < 4.78 is 0. The maximum atomic E-state index is 12.3. The number of halogens is 2. The summed E-state index contributed by atoms with van der Waals surface area (Å²) in [5, 5.41) is 6.18. The van der Waals surface area contributed by atoms with E-state index >= 15 is 0 Å². The maximum Gasteiger partial charge on any atom is 0.246 e. The lowest BCUT2D eigenvalue weighted by Gasteiger charge is -2.20. The summed E-state index contributed by atoms with van der Waals surface area (Å²) in [5.74, 6) is -0.0679. The van der Waals surface area contributed by atoms with Crippen molar-refractivity contribution in [3.63, 3.8) is 0 Å². The van der Waals surface area contributed by atoms with Gasteiger partial charge in [-0.15, -0.1) is 0 Å². The molecule has 7 nitrogen and oxygen atoms in total. The zero-order valence-corrected chi connectivity index (χ0v) is 17.4. The lowest BCUT2D eigenvalue weighted by molar-refractivity contribution is -0.127. The molecule has 0 aromatic heterocycles. The molecule has 1 fully saturated rings. The zero-order chi connectivity index (χ0) is 20.4. The Morgan fingerprint density at radius 3 is 2.48 bits per heavy atom. The fourth-order valence-corrected chi connectivity index (χ4v) is 2.42. The number of hydrogen-bond acceptors (Lipinski definition) is 3. The van der Waals surface area contributed by atoms with Crippen molar-refractivity contribution in [2.75, 3.05) is 11.4 Å². The van der Waals surface area contributed by atoms with Gasteiger partial charge in [-0.1, -0.05) is 44.0 Å². The van der Waals surface area contributed by atoms with Gasteiger partial charge in [-0.25, -0.2) is 4.99 Å². The molecular formula is C18H23Cl2N5O2. The summed E-state index contributed by atoms with van der Waals surface area (Å²) >= 11 is 12.0. The monoisotopic (exact) mass is 411 g/mol. The van der Waals surface area contributed by atoms with Crippen molar-refractivity contribution in [2.45, 2.75) is 40.7 Å². The van der Waals surface area contributed by atoms with Crippen LogP contribution < -0.4 is 15.5 Å². The van der Waals surface area contributed by atoms with Crippen LogP contribution >= 0.6 is 23.2 Å². The first kappa shape index (κ1) is 21.2. The number of anilines is 1. The second kappa shape index (κ2) is 8.27. The summed E-state index contributed by atoms with van der Waals surface area (Å²) in [6.07, 6.45) is 0. The number of guanidine groups is 2. The number of aliphatic imine (C=N–C) groups is 2. The Hall–Kier alpha value is -2.12.